The van der Waals surface area contributed by atoms with E-state index in [9.17, 15) is 0 Å². The van der Waals surface area contributed by atoms with Crippen molar-refractivity contribution in [2.75, 3.05) is 0 Å². The summed E-state index contributed by atoms with van der Waals surface area (Å²) >= 11 is 9.39. The number of rotatable bonds is 0. The molecule has 2 rings (SSSR count). The largest absolute Gasteiger partial charge is 0.428 e. The van der Waals surface area contributed by atoms with Crippen LogP contribution in [0.3, 0.4) is 0 Å². The summed E-state index contributed by atoms with van der Waals surface area (Å²) in [5.41, 5.74) is 0. The first-order valence-electron chi connectivity index (χ1n) is 4.49. The van der Waals surface area contributed by atoms with Gasteiger partial charge in [-0.3, -0.25) is 5.21 Å². The quantitative estimate of drug-likeness (QED) is 0.253. The first kappa shape index (κ1) is 16.1. The van der Waals surface area contributed by atoms with Gasteiger partial charge in [0.05, 0.1) is 6.42 Å². The molecule has 1 aliphatic heterocycles. The van der Waals surface area contributed by atoms with Crippen molar-refractivity contribution in [3.63, 3.8) is 0 Å². The molecule has 0 fully saturated rings. The summed E-state index contributed by atoms with van der Waals surface area (Å²) in [6, 6.07) is 5.13. The Balaban J connectivity index is 0.000000284. The Hall–Kier alpha value is -0.907. The molecule has 0 aliphatic carbocycles. The van der Waals surface area contributed by atoms with Crippen LogP contribution < -0.4 is 0 Å². The van der Waals surface area contributed by atoms with Gasteiger partial charge in [0, 0.05) is 36.5 Å². The number of allylic oxidation sites excluding steroid dienone is 1. The molecule has 1 aromatic rings. The van der Waals surface area contributed by atoms with Crippen LogP contribution in [0.15, 0.2) is 36.5 Å². The van der Waals surface area contributed by atoms with Gasteiger partial charge in [-0.1, -0.05) is 24.4 Å². The van der Waals surface area contributed by atoms with E-state index in [2.05, 4.69) is 12.2 Å². The van der Waals surface area contributed by atoms with Gasteiger partial charge in [0.2, 0.25) is 6.21 Å². The van der Waals surface area contributed by atoms with Crippen molar-refractivity contribution < 1.29 is 34.6 Å². The summed E-state index contributed by atoms with van der Waals surface area (Å²) in [5.74, 6) is 0. The first-order chi connectivity index (χ1) is 7.61. The molecule has 86 valence electrons. The minimum atomic E-state index is 0. The normalized spacial score (nSPS) is 12.9. The standard InChI is InChI=1S/C5H6NOS.C5H5NOS.Zn/c2*7-6-4-2-1-3-5(6)8;/h1-2,4,7H,3H2;1-4,7H;/q+1;;. The third-order valence-corrected chi connectivity index (χ3v) is 2.39. The number of nitrogens with zero attached hydrogens (tertiary/aromatic N) is 2. The molecule has 2 N–H and O–H groups in total. The maximum atomic E-state index is 8.76. The molecule has 0 unspecified atom stereocenters. The van der Waals surface area contributed by atoms with Gasteiger partial charge in [-0.2, -0.15) is 4.73 Å². The fourth-order valence-corrected chi connectivity index (χ4v) is 1.20. The molecular weight excluding hydrogens is 310 g/mol. The van der Waals surface area contributed by atoms with E-state index in [0.717, 1.165) is 9.47 Å². The van der Waals surface area contributed by atoms with E-state index < -0.39 is 0 Å². The van der Waals surface area contributed by atoms with Gasteiger partial charge in [0.1, 0.15) is 4.64 Å². The third-order valence-electron chi connectivity index (χ3n) is 1.71. The Labute approximate surface area is 122 Å². The monoisotopic (exact) mass is 319 g/mol. The Morgan fingerprint density at radius 3 is 2.35 bits per heavy atom. The molecule has 0 aromatic carbocycles. The van der Waals surface area contributed by atoms with E-state index in [1.807, 2.05) is 6.08 Å². The molecule has 0 spiro atoms. The van der Waals surface area contributed by atoms with Gasteiger partial charge >= 0.3 is 4.99 Å². The van der Waals surface area contributed by atoms with Crippen molar-refractivity contribution >= 4 is 35.6 Å². The topological polar surface area (TPSA) is 48.4 Å². The maximum absolute atomic E-state index is 8.76. The van der Waals surface area contributed by atoms with Crippen molar-refractivity contribution in [1.82, 2.24) is 4.73 Å². The van der Waals surface area contributed by atoms with E-state index >= 15 is 0 Å². The zero-order chi connectivity index (χ0) is 12.0. The molecule has 4 nitrogen and oxygen atoms in total. The minimum absolute atomic E-state index is 0. The number of aromatic nitrogens is 1. The number of hydroxylamine groups is 1. The van der Waals surface area contributed by atoms with Crippen LogP contribution in [0, 0.1) is 4.64 Å². The van der Waals surface area contributed by atoms with Gasteiger partial charge in [0.25, 0.3) is 0 Å². The summed E-state index contributed by atoms with van der Waals surface area (Å²) in [6.45, 7) is 0. The number of hydrogen-bond acceptors (Lipinski definition) is 4. The van der Waals surface area contributed by atoms with Crippen LogP contribution in [-0.2, 0) is 19.5 Å². The van der Waals surface area contributed by atoms with Gasteiger partial charge in [-0.15, -0.1) is 0 Å². The molecule has 0 bridgehead atoms. The van der Waals surface area contributed by atoms with Crippen LogP contribution in [-0.4, -0.2) is 31.1 Å². The molecule has 1 aliphatic rings. The van der Waals surface area contributed by atoms with Crippen LogP contribution in [0.5, 0.6) is 0 Å². The molecule has 0 amide bonds. The number of hydrogen-bond donors (Lipinski definition) is 2. The second-order valence-electron chi connectivity index (χ2n) is 2.90. The van der Waals surface area contributed by atoms with Gasteiger partial charge < -0.3 is 5.21 Å². The molecule has 0 saturated carbocycles. The molecule has 2 heterocycles. The zero-order valence-electron chi connectivity index (χ0n) is 9.06. The smallest absolute Gasteiger partial charge is 0.301 e. The van der Waals surface area contributed by atoms with Crippen molar-refractivity contribution in [3.05, 3.63) is 41.2 Å². The summed E-state index contributed by atoms with van der Waals surface area (Å²) < 4.78 is 2.28. The van der Waals surface area contributed by atoms with Crippen molar-refractivity contribution in [2.45, 2.75) is 6.42 Å². The maximum Gasteiger partial charge on any atom is 0.301 e. The van der Waals surface area contributed by atoms with Gasteiger partial charge in [-0.25, -0.2) is 0 Å². The predicted molar refractivity (Wildman–Crippen MR) is 66.9 cm³/mol. The van der Waals surface area contributed by atoms with E-state index in [0.29, 0.717) is 16.0 Å². The van der Waals surface area contributed by atoms with Crippen molar-refractivity contribution in [3.8, 4) is 0 Å². The predicted octanol–water partition coefficient (Wildman–Crippen LogP) is 2.20. The SMILES string of the molecule is O[N+]1=CC=CCC1=S.On1ccccc1=S.[Zn]. The zero-order valence-corrected chi connectivity index (χ0v) is 13.7. The van der Waals surface area contributed by atoms with Crippen LogP contribution in [0.25, 0.3) is 0 Å². The minimum Gasteiger partial charge on any atom is -0.428 e. The molecule has 0 saturated heterocycles. The molecule has 0 atom stereocenters. The van der Waals surface area contributed by atoms with E-state index in [4.69, 9.17) is 22.6 Å². The number of thiocarbonyl (C=S) groups is 1. The Morgan fingerprint density at radius 2 is 2.00 bits per heavy atom. The van der Waals surface area contributed by atoms with E-state index in [1.54, 1.807) is 24.3 Å². The summed E-state index contributed by atoms with van der Waals surface area (Å²) in [5, 5.41) is 17.5. The van der Waals surface area contributed by atoms with Crippen molar-refractivity contribution in [2.24, 2.45) is 0 Å². The molecule has 7 heteroatoms. The Morgan fingerprint density at radius 1 is 1.29 bits per heavy atom. The van der Waals surface area contributed by atoms with Crippen LogP contribution >= 0.6 is 24.4 Å². The average Bonchev–Trinajstić information content (AvgIpc) is 2.28. The van der Waals surface area contributed by atoms with E-state index in [-0.39, 0.29) is 19.5 Å². The third kappa shape index (κ3) is 5.82. The molecule has 0 radical (unpaired) electrons. The second kappa shape index (κ2) is 8.22. The van der Waals surface area contributed by atoms with Crippen LogP contribution in [0.4, 0.5) is 0 Å². The fraction of sp³-hybridized carbons (Fsp3) is 0.100. The first-order valence-corrected chi connectivity index (χ1v) is 5.31. The Kier molecular flexibility index (Phi) is 7.78. The van der Waals surface area contributed by atoms with Gasteiger partial charge in [-0.05, 0) is 24.4 Å². The van der Waals surface area contributed by atoms with Crippen molar-refractivity contribution in [1.29, 1.82) is 0 Å². The summed E-state index contributed by atoms with van der Waals surface area (Å²) in [4.78, 5) is 0.549. The molecule has 17 heavy (non-hydrogen) atoms. The average molecular weight is 321 g/mol. The molecule has 1 aromatic heterocycles. The summed E-state index contributed by atoms with van der Waals surface area (Å²) in [6.07, 6.45) is 7.33. The summed E-state index contributed by atoms with van der Waals surface area (Å²) in [7, 11) is 0. The molecular formula is C10H11N2O2S2Zn+. The van der Waals surface area contributed by atoms with E-state index in [1.165, 1.54) is 12.4 Å². The number of pyridine rings is 1. The van der Waals surface area contributed by atoms with Crippen LogP contribution in [0.2, 0.25) is 0 Å². The van der Waals surface area contributed by atoms with Gasteiger partial charge in [0.15, 0.2) is 0 Å². The Bertz CT molecular complexity index is 497. The fourth-order valence-electron chi connectivity index (χ4n) is 0.907. The van der Waals surface area contributed by atoms with Crippen LogP contribution in [0.1, 0.15) is 6.42 Å². The second-order valence-corrected chi connectivity index (χ2v) is 3.79.